The molecule has 2 nitrogen and oxygen atoms in total. The Labute approximate surface area is 121 Å². The Kier molecular flexibility index (Phi) is 4.20. The van der Waals surface area contributed by atoms with E-state index in [1.807, 2.05) is 19.2 Å². The summed E-state index contributed by atoms with van der Waals surface area (Å²) in [6.45, 7) is 5.36. The highest BCUT2D eigenvalue weighted by Gasteiger charge is 2.23. The van der Waals surface area contributed by atoms with Crippen LogP contribution in [0.25, 0.3) is 11.3 Å². The minimum Gasteiger partial charge on any atom is -0.319 e. The number of rotatable bonds is 4. The van der Waals surface area contributed by atoms with E-state index in [0.717, 1.165) is 22.3 Å². The first-order valence-electron chi connectivity index (χ1n) is 5.89. The molecule has 0 unspecified atom stereocenters. The molecule has 2 aromatic rings. The van der Waals surface area contributed by atoms with E-state index in [4.69, 9.17) is 4.98 Å². The van der Waals surface area contributed by atoms with Crippen LogP contribution in [0.1, 0.15) is 18.9 Å². The number of thiazole rings is 1. The Morgan fingerprint density at radius 1 is 1.39 bits per heavy atom. The van der Waals surface area contributed by atoms with Gasteiger partial charge in [0.2, 0.25) is 0 Å². The van der Waals surface area contributed by atoms with Crippen molar-refractivity contribution in [1.82, 2.24) is 10.3 Å². The molecule has 18 heavy (non-hydrogen) atoms. The maximum atomic E-state index is 4.77. The highest BCUT2D eigenvalue weighted by molar-refractivity contribution is 9.10. The quantitative estimate of drug-likeness (QED) is 0.917. The van der Waals surface area contributed by atoms with Gasteiger partial charge in [-0.25, -0.2) is 4.98 Å². The fourth-order valence-corrected chi connectivity index (χ4v) is 3.24. The van der Waals surface area contributed by atoms with Crippen molar-refractivity contribution in [2.75, 3.05) is 13.6 Å². The van der Waals surface area contributed by atoms with Gasteiger partial charge in [-0.15, -0.1) is 11.3 Å². The summed E-state index contributed by atoms with van der Waals surface area (Å²) in [7, 11) is 1.98. The highest BCUT2D eigenvalue weighted by atomic mass is 79.9. The van der Waals surface area contributed by atoms with E-state index in [-0.39, 0.29) is 5.41 Å². The number of aromatic nitrogens is 1. The van der Waals surface area contributed by atoms with E-state index in [1.54, 1.807) is 11.3 Å². The van der Waals surface area contributed by atoms with Crippen molar-refractivity contribution in [3.8, 4) is 11.3 Å². The molecule has 1 heterocycles. The van der Waals surface area contributed by atoms with E-state index in [0.29, 0.717) is 0 Å². The smallest absolute Gasteiger partial charge is 0.100 e. The number of hydrogen-bond donors (Lipinski definition) is 1. The fourth-order valence-electron chi connectivity index (χ4n) is 1.88. The van der Waals surface area contributed by atoms with Crippen molar-refractivity contribution in [3.63, 3.8) is 0 Å². The van der Waals surface area contributed by atoms with Crippen LogP contribution < -0.4 is 5.32 Å². The fraction of sp³-hybridized carbons (Fsp3) is 0.357. The maximum Gasteiger partial charge on any atom is 0.100 e. The Bertz CT molecular complexity index is 534. The minimum absolute atomic E-state index is 0.0731. The summed E-state index contributed by atoms with van der Waals surface area (Å²) in [5.41, 5.74) is 2.29. The van der Waals surface area contributed by atoms with Crippen LogP contribution in [-0.2, 0) is 5.41 Å². The zero-order valence-electron chi connectivity index (χ0n) is 10.8. The molecule has 1 aromatic heterocycles. The zero-order chi connectivity index (χ0) is 13.2. The lowest BCUT2D eigenvalue weighted by Gasteiger charge is -2.21. The van der Waals surface area contributed by atoms with E-state index in [9.17, 15) is 0 Å². The zero-order valence-corrected chi connectivity index (χ0v) is 13.2. The van der Waals surface area contributed by atoms with Crippen LogP contribution >= 0.6 is 27.3 Å². The van der Waals surface area contributed by atoms with Crippen LogP contribution in [0.4, 0.5) is 0 Å². The molecule has 0 saturated heterocycles. The number of hydrogen-bond acceptors (Lipinski definition) is 3. The van der Waals surface area contributed by atoms with Gasteiger partial charge in [0, 0.05) is 27.4 Å². The molecule has 0 aliphatic rings. The number of nitrogens with one attached hydrogen (secondary N) is 1. The molecule has 0 fully saturated rings. The second kappa shape index (κ2) is 5.51. The van der Waals surface area contributed by atoms with Crippen molar-refractivity contribution in [1.29, 1.82) is 0 Å². The summed E-state index contributed by atoms with van der Waals surface area (Å²) in [4.78, 5) is 4.77. The summed E-state index contributed by atoms with van der Waals surface area (Å²) >= 11 is 5.23. The van der Waals surface area contributed by atoms with E-state index >= 15 is 0 Å². The van der Waals surface area contributed by atoms with Gasteiger partial charge >= 0.3 is 0 Å². The number of benzene rings is 1. The number of halogens is 1. The summed E-state index contributed by atoms with van der Waals surface area (Å²) in [5.74, 6) is 0. The summed E-state index contributed by atoms with van der Waals surface area (Å²) < 4.78 is 1.09. The van der Waals surface area contributed by atoms with Crippen molar-refractivity contribution in [3.05, 3.63) is 39.1 Å². The van der Waals surface area contributed by atoms with Crippen LogP contribution in [0.15, 0.2) is 34.1 Å². The van der Waals surface area contributed by atoms with Crippen LogP contribution in [0.2, 0.25) is 0 Å². The first kappa shape index (κ1) is 13.7. The first-order chi connectivity index (χ1) is 8.53. The molecule has 1 aromatic carbocycles. The first-order valence-corrected chi connectivity index (χ1v) is 7.57. The van der Waals surface area contributed by atoms with Gasteiger partial charge in [0.1, 0.15) is 5.01 Å². The molecule has 0 atom stereocenters. The summed E-state index contributed by atoms with van der Waals surface area (Å²) in [5, 5.41) is 6.53. The lowest BCUT2D eigenvalue weighted by Crippen LogP contribution is -2.30. The van der Waals surface area contributed by atoms with Crippen LogP contribution in [0, 0.1) is 0 Å². The largest absolute Gasteiger partial charge is 0.319 e. The van der Waals surface area contributed by atoms with E-state index < -0.39 is 0 Å². The monoisotopic (exact) mass is 324 g/mol. The molecule has 0 spiro atoms. The molecule has 0 bridgehead atoms. The minimum atomic E-state index is 0.0731. The molecule has 96 valence electrons. The molecule has 0 amide bonds. The van der Waals surface area contributed by atoms with Gasteiger partial charge in [-0.2, -0.15) is 0 Å². The highest BCUT2D eigenvalue weighted by Crippen LogP contribution is 2.30. The standard InChI is InChI=1S/C14H17BrN2S/c1-14(2,9-16-3)13-17-12(8-18-13)10-5-4-6-11(15)7-10/h4-8,16H,9H2,1-3H3. The topological polar surface area (TPSA) is 24.9 Å². The molecule has 0 radical (unpaired) electrons. The van der Waals surface area contributed by atoms with Crippen molar-refractivity contribution >= 4 is 27.3 Å². The van der Waals surface area contributed by atoms with Crippen molar-refractivity contribution in [2.24, 2.45) is 0 Å². The van der Waals surface area contributed by atoms with Gasteiger partial charge < -0.3 is 5.32 Å². The molecular weight excluding hydrogens is 308 g/mol. The third-order valence-corrected chi connectivity index (χ3v) is 4.52. The average molecular weight is 325 g/mol. The predicted molar refractivity (Wildman–Crippen MR) is 82.2 cm³/mol. The van der Waals surface area contributed by atoms with Gasteiger partial charge in [-0.3, -0.25) is 0 Å². The van der Waals surface area contributed by atoms with Crippen LogP contribution in [0.5, 0.6) is 0 Å². The predicted octanol–water partition coefficient (Wildman–Crippen LogP) is 4.07. The Hall–Kier alpha value is -0.710. The Morgan fingerprint density at radius 2 is 2.17 bits per heavy atom. The molecule has 1 N–H and O–H groups in total. The lowest BCUT2D eigenvalue weighted by molar-refractivity contribution is 0.492. The van der Waals surface area contributed by atoms with Crippen molar-refractivity contribution in [2.45, 2.75) is 19.3 Å². The van der Waals surface area contributed by atoms with Gasteiger partial charge in [0.05, 0.1) is 5.69 Å². The molecule has 2 rings (SSSR count). The van der Waals surface area contributed by atoms with Gasteiger partial charge in [0.25, 0.3) is 0 Å². The SMILES string of the molecule is CNCC(C)(C)c1nc(-c2cccc(Br)c2)cs1. The summed E-state index contributed by atoms with van der Waals surface area (Å²) in [6.07, 6.45) is 0. The maximum absolute atomic E-state index is 4.77. The third-order valence-electron chi connectivity index (χ3n) is 2.82. The van der Waals surface area contributed by atoms with Gasteiger partial charge in [-0.05, 0) is 19.2 Å². The number of likely N-dealkylation sites (N-methyl/N-ethyl adjacent to an activating group) is 1. The molecule has 0 aliphatic heterocycles. The normalized spacial score (nSPS) is 11.8. The lowest BCUT2D eigenvalue weighted by atomic mass is 9.94. The van der Waals surface area contributed by atoms with Gasteiger partial charge in [-0.1, -0.05) is 41.9 Å². The Balaban J connectivity index is 2.31. The number of nitrogens with zero attached hydrogens (tertiary/aromatic N) is 1. The van der Waals surface area contributed by atoms with E-state index in [2.05, 4.69) is 52.6 Å². The molecule has 0 saturated carbocycles. The third kappa shape index (κ3) is 2.99. The molecule has 4 heteroatoms. The van der Waals surface area contributed by atoms with E-state index in [1.165, 1.54) is 5.01 Å². The Morgan fingerprint density at radius 3 is 2.83 bits per heavy atom. The van der Waals surface area contributed by atoms with Crippen LogP contribution in [0.3, 0.4) is 0 Å². The summed E-state index contributed by atoms with van der Waals surface area (Å²) in [6, 6.07) is 8.26. The second-order valence-corrected chi connectivity index (χ2v) is 6.74. The van der Waals surface area contributed by atoms with Gasteiger partial charge in [0.15, 0.2) is 0 Å². The van der Waals surface area contributed by atoms with Crippen molar-refractivity contribution < 1.29 is 0 Å². The molecule has 0 aliphatic carbocycles. The average Bonchev–Trinajstić information content (AvgIpc) is 2.78. The molecular formula is C14H17BrN2S. The van der Waals surface area contributed by atoms with Crippen LogP contribution in [-0.4, -0.2) is 18.6 Å². The second-order valence-electron chi connectivity index (χ2n) is 4.96.